The van der Waals surface area contributed by atoms with E-state index in [1.807, 2.05) is 6.92 Å². The van der Waals surface area contributed by atoms with Gasteiger partial charge in [-0.05, 0) is 86.8 Å². The number of hydrogen-bond donors (Lipinski definition) is 11. The van der Waals surface area contributed by atoms with E-state index in [1.165, 1.54) is 58.8 Å². The number of aromatic nitrogens is 14. The molecule has 12 heterocycles. The molecule has 0 aromatic carbocycles. The third-order valence-electron chi connectivity index (χ3n) is 17.3. The fraction of sp³-hybridized carbons (Fsp3) is 0.577. The van der Waals surface area contributed by atoms with E-state index in [0.29, 0.717) is 18.4 Å². The molecule has 0 radical (unpaired) electrons. The molecule has 0 amide bonds. The molecule has 5 aliphatic heterocycles. The van der Waals surface area contributed by atoms with E-state index < -0.39 is 172 Å². The third-order valence-corrected chi connectivity index (χ3v) is 23.6. The SMILES string of the molecule is CC[C@H]1O[C@@H](n2cnc3c(=O)[nH]c(N)nc32)C[C@H]1OP(O)(=S)OC[C@H]1O[C@@H](n2cc(C)c(=O)[nH]c2=O)C[C@H]1OP(O)(=S)OC[C@H]1O[C@@H](n2cnc3c(=O)[nH]c(N)nc32)C[C@H]1OP(O)(=S)OC[C@H]1O[C@@H](n2cc(C)c(N)nc2=O)C[C@H]1OP(O)(=S)OC[C@H]1O[C@@H](n2cc(C)c(=O)[nH]c2=O)C[C@H]1C. The Bertz CT molecular complexity index is 4980. The number of aryl methyl sites for hydroxylation is 3. The molecule has 14 N–H and O–H groups in total. The number of imidazole rings is 2. The van der Waals surface area contributed by atoms with Crippen LogP contribution in [-0.2, 0) is 107 Å². The maximum Gasteiger partial charge on any atom is 0.351 e. The van der Waals surface area contributed by atoms with Crippen molar-refractivity contribution in [1.82, 2.24) is 67.7 Å². The Labute approximate surface area is 587 Å². The number of nitrogen functional groups attached to an aromatic ring is 3. The lowest BCUT2D eigenvalue weighted by atomic mass is 10.0. The van der Waals surface area contributed by atoms with Crippen molar-refractivity contribution in [3.8, 4) is 0 Å². The Morgan fingerprint density at radius 3 is 1.22 bits per heavy atom. The Morgan fingerprint density at radius 1 is 0.475 bits per heavy atom. The second-order valence-electron chi connectivity index (χ2n) is 24.3. The van der Waals surface area contributed by atoms with Gasteiger partial charge in [-0.3, -0.25) is 61.9 Å². The Morgan fingerprint density at radius 2 is 0.812 bits per heavy atom. The minimum absolute atomic E-state index is 0.00590. The highest BCUT2D eigenvalue weighted by Gasteiger charge is 2.48. The maximum absolute atomic E-state index is 13.3. The van der Waals surface area contributed by atoms with Gasteiger partial charge < -0.3 is 96.6 Å². The van der Waals surface area contributed by atoms with Gasteiger partial charge in [0.05, 0.1) is 75.7 Å². The van der Waals surface area contributed by atoms with Gasteiger partial charge in [-0.2, -0.15) is 15.0 Å². The van der Waals surface area contributed by atoms with E-state index in [9.17, 15) is 53.1 Å². The van der Waals surface area contributed by atoms with Gasteiger partial charge >= 0.3 is 43.9 Å². The van der Waals surface area contributed by atoms with Crippen molar-refractivity contribution >= 4 is 114 Å². The molecule has 7 aromatic rings. The molecule has 12 rings (SSSR count). The van der Waals surface area contributed by atoms with Crippen LogP contribution in [0.25, 0.3) is 22.3 Å². The number of H-pyrrole nitrogens is 4. The molecule has 4 unspecified atom stereocenters. The number of hydrogen-bond acceptors (Lipinski definition) is 32. The summed E-state index contributed by atoms with van der Waals surface area (Å²) in [6, 6.07) is 0. The zero-order valence-corrected chi connectivity index (χ0v) is 60.5. The van der Waals surface area contributed by atoms with Gasteiger partial charge in [0.15, 0.2) is 22.3 Å². The molecule has 0 saturated carbocycles. The molecule has 0 spiro atoms. The second kappa shape index (κ2) is 29.7. The van der Waals surface area contributed by atoms with Crippen LogP contribution in [-0.4, -0.2) is 169 Å². The van der Waals surface area contributed by atoms with E-state index in [4.69, 9.17) is 124 Å². The molecule has 41 nitrogen and oxygen atoms in total. The fourth-order valence-corrected chi connectivity index (χ4v) is 18.1. The Hall–Kier alpha value is -5.74. The lowest BCUT2D eigenvalue weighted by Gasteiger charge is -2.28. The standard InChI is InChI=1S/C52H69N17O24P4S4/c1-6-25-26(8-37(85-25)68-19-56-39-42(68)59-48(54)61-46(39)72)90-95(78,99)82-16-32-28(10-36(88-32)67-14-24(5)45(71)64-52(67)76)92-96(79,100)84-18-33-29(11-38(89-33)69-20-57-40-43(69)60-49(55)62-47(40)73)93-97(80,101)83-17-31-27(9-35(87-31)65-12-22(3)41(53)58-50(65)74)91-94(77,98)81-15-30-21(2)7-34(86-30)66-13-23(4)44(70)63-51(66)75/h12-14,19-21,25-38H,6-11,15-18H2,1-5H3,(H,77,98)(H,78,99)(H,79,100)(H,80,101)(H2,53,58,74)(H,63,70,75)(H,64,71,76)(H3,54,59,61,72)(H3,55,60,62,73)/t21-,25-,26-,27-,28-,29-,30-,31-,32-,33-,34-,35-,36-,37-,38-,94?,95?,96?,97?/m1/s1. The molecule has 0 bridgehead atoms. The number of rotatable bonds is 26. The summed E-state index contributed by atoms with van der Waals surface area (Å²) in [4.78, 5) is 166. The fourth-order valence-electron chi connectivity index (χ4n) is 12.2. The van der Waals surface area contributed by atoms with Gasteiger partial charge in [0.1, 0.15) is 55.3 Å². The zero-order valence-electron chi connectivity index (χ0n) is 53.7. The van der Waals surface area contributed by atoms with E-state index in [2.05, 4.69) is 44.9 Å². The summed E-state index contributed by atoms with van der Waals surface area (Å²) in [5.74, 6) is -0.725. The van der Waals surface area contributed by atoms with Crippen LogP contribution in [0.2, 0.25) is 0 Å². The first kappa shape index (κ1) is 75.0. The van der Waals surface area contributed by atoms with Crippen LogP contribution in [0.15, 0.2) is 64.8 Å². The average Bonchev–Trinajstić information content (AvgIpc) is 1.64. The van der Waals surface area contributed by atoms with E-state index in [1.54, 1.807) is 13.8 Å². The highest BCUT2D eigenvalue weighted by Crippen LogP contribution is 2.55. The highest BCUT2D eigenvalue weighted by atomic mass is 32.5. The van der Waals surface area contributed by atoms with Gasteiger partial charge in [-0.15, -0.1) is 0 Å². The highest BCUT2D eigenvalue weighted by molar-refractivity contribution is 8.08. The van der Waals surface area contributed by atoms with E-state index >= 15 is 0 Å². The molecule has 5 aliphatic rings. The van der Waals surface area contributed by atoms with Crippen LogP contribution in [0, 0.1) is 26.7 Å². The Kier molecular flexibility index (Phi) is 22.0. The number of anilines is 3. The summed E-state index contributed by atoms with van der Waals surface area (Å²) in [7, 11) is 0. The largest absolute Gasteiger partial charge is 0.383 e. The topological polar surface area (TPSA) is 551 Å². The van der Waals surface area contributed by atoms with Crippen molar-refractivity contribution < 1.29 is 79.4 Å². The molecular formula is C52H69N17O24P4S4. The minimum Gasteiger partial charge on any atom is -0.383 e. The number of fused-ring (bicyclic) bond motifs is 2. The van der Waals surface area contributed by atoms with E-state index in [-0.39, 0.29) is 89.4 Å². The summed E-state index contributed by atoms with van der Waals surface area (Å²) < 4.78 is 85.7. The summed E-state index contributed by atoms with van der Waals surface area (Å²) in [6.07, 6.45) is -8.70. The van der Waals surface area contributed by atoms with Crippen molar-refractivity contribution in [2.24, 2.45) is 5.92 Å². The molecule has 5 fully saturated rings. The van der Waals surface area contributed by atoms with Crippen molar-refractivity contribution in [3.05, 3.63) is 121 Å². The molecule has 550 valence electrons. The number of aromatic amines is 4. The van der Waals surface area contributed by atoms with Crippen LogP contribution in [0.5, 0.6) is 0 Å². The van der Waals surface area contributed by atoms with Crippen LogP contribution in [0.1, 0.15) is 100 Å². The first-order chi connectivity index (χ1) is 47.6. The molecule has 5 saturated heterocycles. The van der Waals surface area contributed by atoms with E-state index in [0.717, 1.165) is 9.13 Å². The number of nitrogens with one attached hydrogen (secondary N) is 4. The summed E-state index contributed by atoms with van der Waals surface area (Å²) >= 11 is 22.2. The molecule has 19 atom stereocenters. The minimum atomic E-state index is -4.56. The molecular weight excluding hydrogens is 1500 g/mol. The molecule has 0 aliphatic carbocycles. The first-order valence-electron chi connectivity index (χ1n) is 30.9. The second-order valence-corrected chi connectivity index (χ2v) is 35.5. The number of ether oxygens (including phenoxy) is 5. The van der Waals surface area contributed by atoms with Gasteiger partial charge in [-0.25, -0.2) is 24.4 Å². The number of nitrogens with zero attached hydrogens (tertiary/aromatic N) is 10. The monoisotopic (exact) mass is 1570 g/mol. The Balaban J connectivity index is 0.745. The van der Waals surface area contributed by atoms with Crippen LogP contribution in [0.3, 0.4) is 0 Å². The lowest BCUT2D eigenvalue weighted by molar-refractivity contribution is -0.0552. The smallest absolute Gasteiger partial charge is 0.351 e. The van der Waals surface area contributed by atoms with Crippen LogP contribution < -0.4 is 56.5 Å². The van der Waals surface area contributed by atoms with Crippen LogP contribution >= 0.6 is 26.9 Å². The lowest BCUT2D eigenvalue weighted by Crippen LogP contribution is -2.33. The van der Waals surface area contributed by atoms with Gasteiger partial charge in [0, 0.05) is 61.0 Å². The average molecular weight is 1570 g/mol. The summed E-state index contributed by atoms with van der Waals surface area (Å²) in [5.41, 5.74) is 13.6. The van der Waals surface area contributed by atoms with Gasteiger partial charge in [-0.1, -0.05) is 13.8 Å². The predicted octanol–water partition coefficient (Wildman–Crippen LogP) is 0.240. The normalized spacial score (nSPS) is 29.3. The van der Waals surface area contributed by atoms with Crippen LogP contribution in [0.4, 0.5) is 17.7 Å². The number of nitrogens with two attached hydrogens (primary N) is 3. The summed E-state index contributed by atoms with van der Waals surface area (Å²) in [6.45, 7) is -11.7. The predicted molar refractivity (Wildman–Crippen MR) is 366 cm³/mol. The summed E-state index contributed by atoms with van der Waals surface area (Å²) in [5, 5.41) is 0. The molecule has 101 heavy (non-hydrogen) atoms. The third kappa shape index (κ3) is 16.8. The van der Waals surface area contributed by atoms with Crippen molar-refractivity contribution in [3.63, 3.8) is 0 Å². The van der Waals surface area contributed by atoms with Gasteiger partial charge in [0.2, 0.25) is 11.9 Å². The van der Waals surface area contributed by atoms with Gasteiger partial charge in [0.25, 0.3) is 22.2 Å². The van der Waals surface area contributed by atoms with Crippen molar-refractivity contribution in [1.29, 1.82) is 0 Å². The van der Waals surface area contributed by atoms with Crippen molar-refractivity contribution in [2.75, 3.05) is 43.6 Å². The quantitative estimate of drug-likeness (QED) is 0.0324. The van der Waals surface area contributed by atoms with Crippen molar-refractivity contribution in [2.45, 2.75) is 159 Å². The molecule has 49 heteroatoms. The maximum atomic E-state index is 13.3. The first-order valence-corrected chi connectivity index (χ1v) is 41.3. The zero-order chi connectivity index (χ0) is 72.5. The molecule has 7 aromatic heterocycles.